The van der Waals surface area contributed by atoms with Crippen molar-refractivity contribution in [1.82, 2.24) is 10.2 Å². The van der Waals surface area contributed by atoms with Gasteiger partial charge in [0, 0.05) is 19.6 Å². The highest BCUT2D eigenvalue weighted by Gasteiger charge is 2.09. The first-order valence-corrected chi connectivity index (χ1v) is 6.06. The van der Waals surface area contributed by atoms with Gasteiger partial charge in [-0.3, -0.25) is 4.79 Å². The number of nitriles is 1. The number of hydrogen-bond donors (Lipinski definition) is 1. The Bertz CT molecular complexity index is 433. The van der Waals surface area contributed by atoms with Crippen molar-refractivity contribution in [3.8, 4) is 6.07 Å². The minimum Gasteiger partial charge on any atom is -0.345 e. The maximum absolute atomic E-state index is 11.6. The monoisotopic (exact) mass is 245 g/mol. The van der Waals surface area contributed by atoms with Crippen molar-refractivity contribution in [3.05, 3.63) is 35.4 Å². The van der Waals surface area contributed by atoms with Gasteiger partial charge in [-0.15, -0.1) is 0 Å². The molecule has 0 aliphatic heterocycles. The lowest BCUT2D eigenvalue weighted by Crippen LogP contribution is -2.36. The van der Waals surface area contributed by atoms with Gasteiger partial charge in [0.05, 0.1) is 18.2 Å². The highest BCUT2D eigenvalue weighted by Crippen LogP contribution is 2.12. The molecule has 4 heteroatoms. The largest absolute Gasteiger partial charge is 0.345 e. The standard InChI is InChI=1S/C14H19N3O/c1-4-17(3)14(18)10-16-11(2)13-7-5-12(9-15)6-8-13/h5-8,11,16H,4,10H2,1-3H3. The molecule has 0 aromatic heterocycles. The Labute approximate surface area is 108 Å². The van der Waals surface area contributed by atoms with Crippen molar-refractivity contribution in [2.24, 2.45) is 0 Å². The summed E-state index contributed by atoms with van der Waals surface area (Å²) in [6, 6.07) is 9.56. The van der Waals surface area contributed by atoms with Crippen LogP contribution in [0.5, 0.6) is 0 Å². The van der Waals surface area contributed by atoms with Crippen LogP contribution in [-0.4, -0.2) is 30.9 Å². The van der Waals surface area contributed by atoms with Crippen LogP contribution in [0.15, 0.2) is 24.3 Å². The van der Waals surface area contributed by atoms with Gasteiger partial charge < -0.3 is 10.2 Å². The van der Waals surface area contributed by atoms with Gasteiger partial charge in [0.25, 0.3) is 0 Å². The zero-order valence-corrected chi connectivity index (χ0v) is 11.1. The maximum atomic E-state index is 11.6. The molecule has 0 fully saturated rings. The normalized spacial score (nSPS) is 11.7. The molecule has 0 aliphatic carbocycles. The molecule has 1 rings (SSSR count). The molecule has 1 unspecified atom stereocenters. The second-order valence-corrected chi connectivity index (χ2v) is 4.24. The molecule has 4 nitrogen and oxygen atoms in total. The molecule has 1 atom stereocenters. The number of carbonyl (C=O) groups excluding carboxylic acids is 1. The summed E-state index contributed by atoms with van der Waals surface area (Å²) in [5.74, 6) is 0.0815. The van der Waals surface area contributed by atoms with Gasteiger partial charge in [-0.05, 0) is 31.5 Å². The molecule has 1 aromatic carbocycles. The fourth-order valence-electron chi connectivity index (χ4n) is 1.52. The van der Waals surface area contributed by atoms with Crippen molar-refractivity contribution in [2.45, 2.75) is 19.9 Å². The molecule has 0 saturated carbocycles. The number of benzene rings is 1. The zero-order valence-electron chi connectivity index (χ0n) is 11.1. The predicted molar refractivity (Wildman–Crippen MR) is 70.9 cm³/mol. The molecule has 1 amide bonds. The number of rotatable bonds is 5. The third-order valence-corrected chi connectivity index (χ3v) is 3.00. The van der Waals surface area contributed by atoms with Crippen molar-refractivity contribution >= 4 is 5.91 Å². The van der Waals surface area contributed by atoms with Crippen LogP contribution in [0.25, 0.3) is 0 Å². The number of hydrogen-bond acceptors (Lipinski definition) is 3. The summed E-state index contributed by atoms with van der Waals surface area (Å²) >= 11 is 0. The van der Waals surface area contributed by atoms with E-state index in [1.54, 1.807) is 24.1 Å². The van der Waals surface area contributed by atoms with E-state index in [2.05, 4.69) is 11.4 Å². The van der Waals surface area contributed by atoms with E-state index in [1.165, 1.54) is 0 Å². The molecule has 0 bridgehead atoms. The molecule has 96 valence electrons. The van der Waals surface area contributed by atoms with Crippen LogP contribution in [0.2, 0.25) is 0 Å². The summed E-state index contributed by atoms with van der Waals surface area (Å²) in [6.07, 6.45) is 0. The molecule has 0 radical (unpaired) electrons. The van der Waals surface area contributed by atoms with Crippen LogP contribution in [0.3, 0.4) is 0 Å². The summed E-state index contributed by atoms with van der Waals surface area (Å²) < 4.78 is 0. The van der Waals surface area contributed by atoms with Crippen molar-refractivity contribution in [1.29, 1.82) is 5.26 Å². The SMILES string of the molecule is CCN(C)C(=O)CNC(C)c1ccc(C#N)cc1. The van der Waals surface area contributed by atoms with Crippen molar-refractivity contribution in [3.63, 3.8) is 0 Å². The molecule has 0 spiro atoms. The second kappa shape index (κ2) is 6.77. The Morgan fingerprint density at radius 2 is 2.06 bits per heavy atom. The first-order chi connectivity index (χ1) is 8.58. The van der Waals surface area contributed by atoms with Gasteiger partial charge in [-0.1, -0.05) is 12.1 Å². The number of amides is 1. The lowest BCUT2D eigenvalue weighted by Gasteiger charge is -2.18. The third-order valence-electron chi connectivity index (χ3n) is 3.00. The first kappa shape index (κ1) is 14.2. The Balaban J connectivity index is 2.52. The molecular weight excluding hydrogens is 226 g/mol. The Morgan fingerprint density at radius 3 is 2.56 bits per heavy atom. The fraction of sp³-hybridized carbons (Fsp3) is 0.429. The van der Waals surface area contributed by atoms with Crippen LogP contribution in [0.4, 0.5) is 0 Å². The lowest BCUT2D eigenvalue weighted by molar-refractivity contribution is -0.128. The van der Waals surface area contributed by atoms with Gasteiger partial charge in [0.1, 0.15) is 0 Å². The average Bonchev–Trinajstić information content (AvgIpc) is 2.43. The van der Waals surface area contributed by atoms with E-state index in [1.807, 2.05) is 26.0 Å². The van der Waals surface area contributed by atoms with Gasteiger partial charge in [-0.25, -0.2) is 0 Å². The Morgan fingerprint density at radius 1 is 1.44 bits per heavy atom. The third kappa shape index (κ3) is 3.86. The average molecular weight is 245 g/mol. The zero-order chi connectivity index (χ0) is 13.5. The smallest absolute Gasteiger partial charge is 0.236 e. The summed E-state index contributed by atoms with van der Waals surface area (Å²) in [5, 5.41) is 11.9. The van der Waals surface area contributed by atoms with Crippen molar-refractivity contribution in [2.75, 3.05) is 20.1 Å². The van der Waals surface area contributed by atoms with Crippen molar-refractivity contribution < 1.29 is 4.79 Å². The maximum Gasteiger partial charge on any atom is 0.236 e. The fourth-order valence-corrected chi connectivity index (χ4v) is 1.52. The minimum atomic E-state index is 0.0815. The topological polar surface area (TPSA) is 56.1 Å². The quantitative estimate of drug-likeness (QED) is 0.858. The first-order valence-electron chi connectivity index (χ1n) is 6.06. The van der Waals surface area contributed by atoms with Gasteiger partial charge >= 0.3 is 0 Å². The Hall–Kier alpha value is -1.86. The van der Waals surface area contributed by atoms with Crippen LogP contribution in [0.1, 0.15) is 31.0 Å². The summed E-state index contributed by atoms with van der Waals surface area (Å²) in [4.78, 5) is 13.3. The van der Waals surface area contributed by atoms with Crippen LogP contribution in [-0.2, 0) is 4.79 Å². The van der Waals surface area contributed by atoms with E-state index in [9.17, 15) is 4.79 Å². The minimum absolute atomic E-state index is 0.0815. The van der Waals surface area contributed by atoms with E-state index < -0.39 is 0 Å². The molecule has 0 saturated heterocycles. The molecule has 18 heavy (non-hydrogen) atoms. The predicted octanol–water partition coefficient (Wildman–Crippen LogP) is 1.69. The van der Waals surface area contributed by atoms with E-state index in [-0.39, 0.29) is 11.9 Å². The van der Waals surface area contributed by atoms with E-state index in [4.69, 9.17) is 5.26 Å². The summed E-state index contributed by atoms with van der Waals surface area (Å²) in [5.41, 5.74) is 1.72. The molecule has 0 aliphatic rings. The van der Waals surface area contributed by atoms with Crippen LogP contribution in [0, 0.1) is 11.3 Å². The molecule has 0 heterocycles. The van der Waals surface area contributed by atoms with Crippen LogP contribution < -0.4 is 5.32 Å². The Kier molecular flexibility index (Phi) is 5.34. The number of carbonyl (C=O) groups is 1. The molecule has 1 aromatic rings. The summed E-state index contributed by atoms with van der Waals surface area (Å²) in [6.45, 7) is 4.99. The van der Waals surface area contributed by atoms with Gasteiger partial charge in [0.15, 0.2) is 0 Å². The number of nitrogens with zero attached hydrogens (tertiary/aromatic N) is 2. The van der Waals surface area contributed by atoms with E-state index in [0.717, 1.165) is 5.56 Å². The summed E-state index contributed by atoms with van der Waals surface area (Å²) in [7, 11) is 1.79. The van der Waals surface area contributed by atoms with E-state index in [0.29, 0.717) is 18.7 Å². The van der Waals surface area contributed by atoms with Gasteiger partial charge in [-0.2, -0.15) is 5.26 Å². The molecular formula is C14H19N3O. The lowest BCUT2D eigenvalue weighted by atomic mass is 10.1. The second-order valence-electron chi connectivity index (χ2n) is 4.24. The van der Waals surface area contributed by atoms with Crippen LogP contribution >= 0.6 is 0 Å². The highest BCUT2D eigenvalue weighted by molar-refractivity contribution is 5.77. The number of nitrogens with one attached hydrogen (secondary N) is 1. The van der Waals surface area contributed by atoms with E-state index >= 15 is 0 Å². The number of likely N-dealkylation sites (N-methyl/N-ethyl adjacent to an activating group) is 1. The van der Waals surface area contributed by atoms with Gasteiger partial charge in [0.2, 0.25) is 5.91 Å². The highest BCUT2D eigenvalue weighted by atomic mass is 16.2. The molecule has 1 N–H and O–H groups in total.